The van der Waals surface area contributed by atoms with Crippen molar-refractivity contribution < 1.29 is 4.79 Å². The third kappa shape index (κ3) is 4.52. The Balaban J connectivity index is 1.58. The number of aryl methyl sites for hydroxylation is 3. The van der Waals surface area contributed by atoms with Gasteiger partial charge in [0.05, 0.1) is 5.75 Å². The van der Waals surface area contributed by atoms with Crippen LogP contribution in [0.15, 0.2) is 47.6 Å². The molecule has 0 fully saturated rings. The molecule has 6 heteroatoms. The van der Waals surface area contributed by atoms with Gasteiger partial charge in [-0.05, 0) is 43.0 Å². The number of thioether (sulfide) groups is 1. The molecule has 0 aliphatic rings. The van der Waals surface area contributed by atoms with Gasteiger partial charge in [0.2, 0.25) is 11.1 Å². The first kappa shape index (κ1) is 18.2. The minimum atomic E-state index is -0.0673. The molecule has 134 valence electrons. The highest BCUT2D eigenvalue weighted by Gasteiger charge is 2.10. The average molecular weight is 366 g/mol. The lowest BCUT2D eigenvalue weighted by Gasteiger charge is -2.08. The van der Waals surface area contributed by atoms with Crippen LogP contribution in [0.1, 0.15) is 23.6 Å². The number of aromatic amines is 1. The lowest BCUT2D eigenvalue weighted by atomic mass is 10.1. The van der Waals surface area contributed by atoms with Crippen molar-refractivity contribution in [1.82, 2.24) is 15.2 Å². The lowest BCUT2D eigenvalue weighted by molar-refractivity contribution is -0.113. The van der Waals surface area contributed by atoms with Gasteiger partial charge in [-0.15, -0.1) is 5.10 Å². The summed E-state index contributed by atoms with van der Waals surface area (Å²) in [4.78, 5) is 16.7. The number of carbonyl (C=O) groups is 1. The van der Waals surface area contributed by atoms with Crippen molar-refractivity contribution in [3.8, 4) is 11.4 Å². The molecule has 2 N–H and O–H groups in total. The summed E-state index contributed by atoms with van der Waals surface area (Å²) >= 11 is 1.32. The van der Waals surface area contributed by atoms with Gasteiger partial charge in [0.1, 0.15) is 0 Å². The van der Waals surface area contributed by atoms with Crippen LogP contribution in [0.4, 0.5) is 5.69 Å². The van der Waals surface area contributed by atoms with Crippen LogP contribution < -0.4 is 5.32 Å². The fraction of sp³-hybridized carbons (Fsp3) is 0.250. The third-order valence-corrected chi connectivity index (χ3v) is 4.95. The van der Waals surface area contributed by atoms with Crippen LogP contribution >= 0.6 is 11.8 Å². The highest BCUT2D eigenvalue weighted by molar-refractivity contribution is 7.99. The van der Waals surface area contributed by atoms with Crippen LogP contribution in [0.2, 0.25) is 0 Å². The highest BCUT2D eigenvalue weighted by atomic mass is 32.2. The normalized spacial score (nSPS) is 10.7. The molecule has 0 unspecified atom stereocenters. The molecule has 0 radical (unpaired) electrons. The minimum Gasteiger partial charge on any atom is -0.325 e. The number of nitrogens with one attached hydrogen (secondary N) is 2. The van der Waals surface area contributed by atoms with E-state index in [1.165, 1.54) is 17.3 Å². The number of benzene rings is 2. The zero-order valence-electron chi connectivity index (χ0n) is 15.2. The third-order valence-electron chi connectivity index (χ3n) is 4.10. The molecule has 0 saturated carbocycles. The largest absolute Gasteiger partial charge is 0.325 e. The molecule has 2 aromatic carbocycles. The van der Waals surface area contributed by atoms with Gasteiger partial charge in [-0.1, -0.05) is 55.1 Å². The summed E-state index contributed by atoms with van der Waals surface area (Å²) < 4.78 is 0. The van der Waals surface area contributed by atoms with Gasteiger partial charge in [-0.3, -0.25) is 9.89 Å². The number of amides is 1. The summed E-state index contributed by atoms with van der Waals surface area (Å²) in [6, 6.07) is 14.2. The van der Waals surface area contributed by atoms with Gasteiger partial charge in [-0.2, -0.15) is 0 Å². The molecule has 0 aliphatic heterocycles. The molecule has 0 bridgehead atoms. The first-order chi connectivity index (χ1) is 12.5. The number of nitrogens with zero attached hydrogens (tertiary/aromatic N) is 2. The van der Waals surface area contributed by atoms with Crippen LogP contribution in [0, 0.1) is 13.8 Å². The van der Waals surface area contributed by atoms with E-state index in [4.69, 9.17) is 0 Å². The molecule has 3 aromatic rings. The van der Waals surface area contributed by atoms with Crippen LogP contribution in [-0.2, 0) is 11.2 Å². The van der Waals surface area contributed by atoms with E-state index in [-0.39, 0.29) is 11.7 Å². The van der Waals surface area contributed by atoms with Gasteiger partial charge in [0, 0.05) is 11.3 Å². The standard InChI is InChI=1S/C20H22N4OS/c1-4-15-7-9-16(10-8-15)19-22-20(24-23-19)26-12-18(25)21-17-11-13(2)5-6-14(17)3/h5-11H,4,12H2,1-3H3,(H,21,25)(H,22,23,24). The van der Waals surface area contributed by atoms with E-state index in [0.717, 1.165) is 28.8 Å². The summed E-state index contributed by atoms with van der Waals surface area (Å²) in [6.45, 7) is 6.11. The van der Waals surface area contributed by atoms with E-state index in [2.05, 4.69) is 39.6 Å². The van der Waals surface area contributed by atoms with Gasteiger partial charge in [0.15, 0.2) is 5.82 Å². The molecule has 26 heavy (non-hydrogen) atoms. The average Bonchev–Trinajstić information content (AvgIpc) is 3.12. The second-order valence-electron chi connectivity index (χ2n) is 6.17. The van der Waals surface area contributed by atoms with Crippen molar-refractivity contribution in [3.05, 3.63) is 59.2 Å². The maximum absolute atomic E-state index is 12.2. The van der Waals surface area contributed by atoms with Crippen molar-refractivity contribution in [2.45, 2.75) is 32.3 Å². The maximum atomic E-state index is 12.2. The Labute approximate surface area is 157 Å². The van der Waals surface area contributed by atoms with E-state index in [0.29, 0.717) is 11.0 Å². The molecule has 3 rings (SSSR count). The predicted molar refractivity (Wildman–Crippen MR) is 106 cm³/mol. The number of hydrogen-bond acceptors (Lipinski definition) is 4. The number of aromatic nitrogens is 3. The van der Waals surface area contributed by atoms with E-state index in [9.17, 15) is 4.79 Å². The summed E-state index contributed by atoms with van der Waals surface area (Å²) in [6.07, 6.45) is 1.01. The molecule has 1 heterocycles. The molecule has 0 atom stereocenters. The quantitative estimate of drug-likeness (QED) is 0.635. The number of carbonyl (C=O) groups excluding carboxylic acids is 1. The van der Waals surface area contributed by atoms with Crippen molar-refractivity contribution in [2.75, 3.05) is 11.1 Å². The molecule has 5 nitrogen and oxygen atoms in total. The Morgan fingerprint density at radius 3 is 2.65 bits per heavy atom. The topological polar surface area (TPSA) is 70.7 Å². The van der Waals surface area contributed by atoms with Gasteiger partial charge in [-0.25, -0.2) is 4.98 Å². The summed E-state index contributed by atoms with van der Waals surface area (Å²) in [5, 5.41) is 10.6. The molecule has 0 spiro atoms. The van der Waals surface area contributed by atoms with E-state index in [1.54, 1.807) is 0 Å². The molecule has 0 saturated heterocycles. The Bertz CT molecular complexity index is 902. The molecule has 1 amide bonds. The zero-order chi connectivity index (χ0) is 18.5. The molecule has 0 aliphatic carbocycles. The van der Waals surface area contributed by atoms with Gasteiger partial charge in [0.25, 0.3) is 0 Å². The monoisotopic (exact) mass is 366 g/mol. The Kier molecular flexibility index (Phi) is 5.73. The SMILES string of the molecule is CCc1ccc(-c2nc(SCC(=O)Nc3cc(C)ccc3C)n[nH]2)cc1. The molecular formula is C20H22N4OS. The number of hydrogen-bond donors (Lipinski definition) is 2. The summed E-state index contributed by atoms with van der Waals surface area (Å²) in [5.41, 5.74) is 5.28. The Hall–Kier alpha value is -2.60. The van der Waals surface area contributed by atoms with Crippen molar-refractivity contribution >= 4 is 23.4 Å². The summed E-state index contributed by atoms with van der Waals surface area (Å²) in [5.74, 6) is 0.909. The molecular weight excluding hydrogens is 344 g/mol. The minimum absolute atomic E-state index is 0.0673. The number of anilines is 1. The van der Waals surface area contributed by atoms with E-state index < -0.39 is 0 Å². The second kappa shape index (κ2) is 8.19. The number of H-pyrrole nitrogens is 1. The van der Waals surface area contributed by atoms with E-state index in [1.807, 2.05) is 44.2 Å². The summed E-state index contributed by atoms with van der Waals surface area (Å²) in [7, 11) is 0. The first-order valence-corrected chi connectivity index (χ1v) is 9.55. The highest BCUT2D eigenvalue weighted by Crippen LogP contribution is 2.21. The Morgan fingerprint density at radius 2 is 1.92 bits per heavy atom. The van der Waals surface area contributed by atoms with Crippen molar-refractivity contribution in [3.63, 3.8) is 0 Å². The lowest BCUT2D eigenvalue weighted by Crippen LogP contribution is -2.15. The van der Waals surface area contributed by atoms with E-state index >= 15 is 0 Å². The number of rotatable bonds is 6. The van der Waals surface area contributed by atoms with Crippen LogP contribution in [-0.4, -0.2) is 26.8 Å². The van der Waals surface area contributed by atoms with Crippen LogP contribution in [0.3, 0.4) is 0 Å². The van der Waals surface area contributed by atoms with Gasteiger partial charge >= 0.3 is 0 Å². The van der Waals surface area contributed by atoms with Crippen molar-refractivity contribution in [2.24, 2.45) is 0 Å². The smallest absolute Gasteiger partial charge is 0.234 e. The van der Waals surface area contributed by atoms with Crippen molar-refractivity contribution in [1.29, 1.82) is 0 Å². The van der Waals surface area contributed by atoms with Crippen LogP contribution in [0.5, 0.6) is 0 Å². The Morgan fingerprint density at radius 1 is 1.15 bits per heavy atom. The zero-order valence-corrected chi connectivity index (χ0v) is 16.0. The van der Waals surface area contributed by atoms with Crippen LogP contribution in [0.25, 0.3) is 11.4 Å². The predicted octanol–water partition coefficient (Wildman–Crippen LogP) is 4.38. The maximum Gasteiger partial charge on any atom is 0.234 e. The van der Waals surface area contributed by atoms with Gasteiger partial charge < -0.3 is 5.32 Å². The first-order valence-electron chi connectivity index (χ1n) is 8.56. The second-order valence-corrected chi connectivity index (χ2v) is 7.11. The fourth-order valence-electron chi connectivity index (χ4n) is 2.53. The fourth-order valence-corrected chi connectivity index (χ4v) is 3.12. The molecule has 1 aromatic heterocycles.